The highest BCUT2D eigenvalue weighted by Gasteiger charge is 2.21. The van der Waals surface area contributed by atoms with Crippen molar-refractivity contribution in [1.82, 2.24) is 0 Å². The molecule has 0 atom stereocenters. The Bertz CT molecular complexity index is 147. The lowest BCUT2D eigenvalue weighted by Crippen LogP contribution is -2.47. The average Bonchev–Trinajstić information content (AvgIpc) is 2.05. The fraction of sp³-hybridized carbons (Fsp3) is 0.900. The monoisotopic (exact) mass is 187 g/mol. The van der Waals surface area contributed by atoms with E-state index in [2.05, 4.69) is 14.0 Å². The van der Waals surface area contributed by atoms with Crippen LogP contribution in [0.1, 0.15) is 33.1 Å². The summed E-state index contributed by atoms with van der Waals surface area (Å²) >= 11 is 0. The molecule has 1 aliphatic rings. The molecule has 0 unspecified atom stereocenters. The van der Waals surface area contributed by atoms with Gasteiger partial charge in [-0.2, -0.15) is 0 Å². The Labute approximate surface area is 80.9 Å². The number of carboxylic acids is 1. The summed E-state index contributed by atoms with van der Waals surface area (Å²) < 4.78 is 1.32. The van der Waals surface area contributed by atoms with E-state index in [1.807, 2.05) is 0 Å². The Morgan fingerprint density at radius 2 is 1.69 bits per heavy atom. The van der Waals surface area contributed by atoms with Crippen LogP contribution in [0.15, 0.2) is 0 Å². The van der Waals surface area contributed by atoms with Gasteiger partial charge in [0.1, 0.15) is 0 Å². The second kappa shape index (κ2) is 5.97. The van der Waals surface area contributed by atoms with Crippen molar-refractivity contribution in [3.63, 3.8) is 0 Å². The van der Waals surface area contributed by atoms with E-state index in [9.17, 15) is 0 Å². The first-order valence-corrected chi connectivity index (χ1v) is 5.01. The van der Waals surface area contributed by atoms with Crippen LogP contribution in [0.3, 0.4) is 0 Å². The molecule has 0 N–H and O–H groups in total. The lowest BCUT2D eigenvalue weighted by molar-refractivity contribution is -0.912. The number of nitrogens with zero attached hydrogens (tertiary/aromatic N) is 1. The fourth-order valence-corrected chi connectivity index (χ4v) is 1.59. The number of quaternary nitrogens is 1. The molecule has 1 aliphatic heterocycles. The normalized spacial score (nSPS) is 19.9. The third kappa shape index (κ3) is 6.58. The number of hydrogen-bond acceptors (Lipinski definition) is 2. The SMILES string of the molecule is CC(=O)[O-].CC[N+]1(C)CCCCC1. The zero-order valence-corrected chi connectivity index (χ0v) is 9.01. The molecule has 0 aromatic rings. The number of rotatable bonds is 1. The smallest absolute Gasteiger partial charge is 0.0784 e. The van der Waals surface area contributed by atoms with Gasteiger partial charge in [0, 0.05) is 5.97 Å². The minimum Gasteiger partial charge on any atom is -0.550 e. The van der Waals surface area contributed by atoms with Gasteiger partial charge in [0.15, 0.2) is 0 Å². The van der Waals surface area contributed by atoms with Gasteiger partial charge in [-0.1, -0.05) is 0 Å². The van der Waals surface area contributed by atoms with Crippen molar-refractivity contribution in [3.05, 3.63) is 0 Å². The van der Waals surface area contributed by atoms with Crippen LogP contribution in [-0.2, 0) is 4.79 Å². The van der Waals surface area contributed by atoms with E-state index >= 15 is 0 Å². The van der Waals surface area contributed by atoms with Crippen molar-refractivity contribution in [2.24, 2.45) is 0 Å². The minimum absolute atomic E-state index is 0.972. The molecule has 1 fully saturated rings. The van der Waals surface area contributed by atoms with Gasteiger partial charge < -0.3 is 14.4 Å². The Morgan fingerprint density at radius 3 is 1.92 bits per heavy atom. The minimum atomic E-state index is -1.08. The topological polar surface area (TPSA) is 40.1 Å². The summed E-state index contributed by atoms with van der Waals surface area (Å²) in [6.07, 6.45) is 4.36. The van der Waals surface area contributed by atoms with Crippen LogP contribution >= 0.6 is 0 Å². The zero-order chi connectivity index (χ0) is 10.3. The van der Waals surface area contributed by atoms with Gasteiger partial charge in [-0.25, -0.2) is 0 Å². The number of carboxylic acid groups (broad SMARTS) is 1. The highest BCUT2D eigenvalue weighted by molar-refractivity contribution is 5.60. The Hall–Kier alpha value is -0.570. The predicted octanol–water partition coefficient (Wildman–Crippen LogP) is 0.393. The van der Waals surface area contributed by atoms with Crippen LogP contribution < -0.4 is 5.11 Å². The van der Waals surface area contributed by atoms with Gasteiger partial charge in [0.2, 0.25) is 0 Å². The van der Waals surface area contributed by atoms with Crippen LogP contribution in [0.5, 0.6) is 0 Å². The molecular formula is C10H21NO2. The molecular weight excluding hydrogens is 166 g/mol. The highest BCUT2D eigenvalue weighted by atomic mass is 16.4. The summed E-state index contributed by atoms with van der Waals surface area (Å²) in [6.45, 7) is 7.42. The van der Waals surface area contributed by atoms with E-state index in [1.54, 1.807) is 0 Å². The Balaban J connectivity index is 0.000000310. The van der Waals surface area contributed by atoms with Gasteiger partial charge in [0.25, 0.3) is 0 Å². The summed E-state index contributed by atoms with van der Waals surface area (Å²) in [5.41, 5.74) is 0. The molecule has 0 radical (unpaired) electrons. The van der Waals surface area contributed by atoms with Crippen molar-refractivity contribution in [3.8, 4) is 0 Å². The second-order valence-corrected chi connectivity index (χ2v) is 3.94. The van der Waals surface area contributed by atoms with Crippen molar-refractivity contribution < 1.29 is 14.4 Å². The molecule has 13 heavy (non-hydrogen) atoms. The maximum atomic E-state index is 8.89. The van der Waals surface area contributed by atoms with Crippen molar-refractivity contribution in [1.29, 1.82) is 0 Å². The molecule has 0 bridgehead atoms. The van der Waals surface area contributed by atoms with Gasteiger partial charge in [-0.05, 0) is 33.1 Å². The van der Waals surface area contributed by atoms with Crippen molar-refractivity contribution in [2.75, 3.05) is 26.7 Å². The molecule has 1 heterocycles. The molecule has 0 saturated carbocycles. The number of carbonyl (C=O) groups excluding carboxylic acids is 1. The molecule has 0 amide bonds. The van der Waals surface area contributed by atoms with E-state index in [0.717, 1.165) is 6.92 Å². The van der Waals surface area contributed by atoms with Crippen molar-refractivity contribution in [2.45, 2.75) is 33.1 Å². The molecule has 3 nitrogen and oxygen atoms in total. The average molecular weight is 187 g/mol. The van der Waals surface area contributed by atoms with Crippen LogP contribution in [0.4, 0.5) is 0 Å². The first-order valence-electron chi connectivity index (χ1n) is 5.01. The number of hydrogen-bond donors (Lipinski definition) is 0. The van der Waals surface area contributed by atoms with Crippen LogP contribution in [-0.4, -0.2) is 37.1 Å². The number of aliphatic carboxylic acids is 1. The largest absolute Gasteiger partial charge is 0.550 e. The van der Waals surface area contributed by atoms with Gasteiger partial charge in [-0.15, -0.1) is 0 Å². The van der Waals surface area contributed by atoms with Gasteiger partial charge in [-0.3, -0.25) is 0 Å². The van der Waals surface area contributed by atoms with E-state index in [1.165, 1.54) is 43.4 Å². The van der Waals surface area contributed by atoms with Crippen LogP contribution in [0.25, 0.3) is 0 Å². The lowest BCUT2D eigenvalue weighted by atomic mass is 10.1. The molecule has 3 heteroatoms. The number of carbonyl (C=O) groups is 1. The third-order valence-corrected chi connectivity index (χ3v) is 2.66. The lowest BCUT2D eigenvalue weighted by Gasteiger charge is -2.36. The molecule has 0 aromatic carbocycles. The van der Waals surface area contributed by atoms with Crippen molar-refractivity contribution >= 4 is 5.97 Å². The fourth-order valence-electron chi connectivity index (χ4n) is 1.59. The second-order valence-electron chi connectivity index (χ2n) is 3.94. The summed E-state index contributed by atoms with van der Waals surface area (Å²) in [6, 6.07) is 0. The molecule has 78 valence electrons. The Morgan fingerprint density at radius 1 is 1.31 bits per heavy atom. The standard InChI is InChI=1S/C8H18N.C2H4O2/c1-3-9(2)7-5-4-6-8-9;1-2(3)4/h3-8H2,1-2H3;1H3,(H,3,4)/q+1;/p-1. The first-order chi connectivity index (χ1) is 6.00. The van der Waals surface area contributed by atoms with E-state index < -0.39 is 5.97 Å². The van der Waals surface area contributed by atoms with E-state index in [0.29, 0.717) is 0 Å². The quantitative estimate of drug-likeness (QED) is 0.557. The Kier molecular flexibility index (Phi) is 5.71. The third-order valence-electron chi connectivity index (χ3n) is 2.66. The van der Waals surface area contributed by atoms with Crippen LogP contribution in [0.2, 0.25) is 0 Å². The molecule has 1 rings (SSSR count). The summed E-state index contributed by atoms with van der Waals surface area (Å²) in [7, 11) is 2.37. The van der Waals surface area contributed by atoms with Crippen LogP contribution in [0, 0.1) is 0 Å². The first kappa shape index (κ1) is 12.4. The highest BCUT2D eigenvalue weighted by Crippen LogP contribution is 2.14. The number of piperidine rings is 1. The summed E-state index contributed by atoms with van der Waals surface area (Å²) in [5.74, 6) is -1.08. The van der Waals surface area contributed by atoms with E-state index in [4.69, 9.17) is 9.90 Å². The maximum absolute atomic E-state index is 8.89. The molecule has 1 saturated heterocycles. The molecule has 0 spiro atoms. The predicted molar refractivity (Wildman–Crippen MR) is 51.0 cm³/mol. The maximum Gasteiger partial charge on any atom is 0.0784 e. The molecule has 0 aliphatic carbocycles. The van der Waals surface area contributed by atoms with Gasteiger partial charge >= 0.3 is 0 Å². The number of likely N-dealkylation sites (tertiary alicyclic amines) is 1. The zero-order valence-electron chi connectivity index (χ0n) is 9.01. The molecule has 0 aromatic heterocycles. The van der Waals surface area contributed by atoms with E-state index in [-0.39, 0.29) is 0 Å². The summed E-state index contributed by atoms with van der Waals surface area (Å²) in [4.78, 5) is 8.89. The summed E-state index contributed by atoms with van der Waals surface area (Å²) in [5, 5.41) is 8.89. The van der Waals surface area contributed by atoms with Gasteiger partial charge in [0.05, 0.1) is 26.7 Å².